The largest absolute Gasteiger partial charge is 0.483 e. The van der Waals surface area contributed by atoms with Crippen LogP contribution in [0.15, 0.2) is 18.2 Å². The van der Waals surface area contributed by atoms with E-state index in [0.717, 1.165) is 17.5 Å². The molecule has 21 heavy (non-hydrogen) atoms. The summed E-state index contributed by atoms with van der Waals surface area (Å²) in [5, 5.41) is 9.04. The van der Waals surface area contributed by atoms with Gasteiger partial charge in [0.2, 0.25) is 0 Å². The molecule has 1 aromatic rings. The molecule has 5 heteroatoms. The number of nitrogens with zero attached hydrogens (tertiary/aromatic N) is 1. The third-order valence-corrected chi connectivity index (χ3v) is 3.82. The Morgan fingerprint density at radius 1 is 1.38 bits per heavy atom. The van der Waals surface area contributed by atoms with Gasteiger partial charge in [0.25, 0.3) is 5.91 Å². The zero-order valence-electron chi connectivity index (χ0n) is 12.5. The van der Waals surface area contributed by atoms with Crippen molar-refractivity contribution in [2.45, 2.75) is 26.7 Å². The van der Waals surface area contributed by atoms with E-state index >= 15 is 0 Å². The molecule has 0 radical (unpaired) electrons. The summed E-state index contributed by atoms with van der Waals surface area (Å²) >= 11 is 0. The molecule has 0 spiro atoms. The fourth-order valence-electron chi connectivity index (χ4n) is 2.50. The highest BCUT2D eigenvalue weighted by Crippen LogP contribution is 2.20. The summed E-state index contributed by atoms with van der Waals surface area (Å²) in [6.45, 7) is 4.75. The van der Waals surface area contributed by atoms with Crippen LogP contribution < -0.4 is 4.74 Å². The van der Waals surface area contributed by atoms with Crippen LogP contribution in [0.3, 0.4) is 0 Å². The summed E-state index contributed by atoms with van der Waals surface area (Å²) < 4.78 is 5.59. The van der Waals surface area contributed by atoms with E-state index in [0.29, 0.717) is 18.7 Å². The first-order valence-corrected chi connectivity index (χ1v) is 7.18. The molecular formula is C16H21NO4. The first-order chi connectivity index (χ1) is 9.97. The SMILES string of the molecule is Cc1ccc(C)c(OCC(=O)N2CCC[C@@H](C(=O)O)C2)c1. The maximum Gasteiger partial charge on any atom is 0.308 e. The Bertz CT molecular complexity index is 541. The lowest BCUT2D eigenvalue weighted by Crippen LogP contribution is -2.44. The number of aliphatic carboxylic acids is 1. The highest BCUT2D eigenvalue weighted by Gasteiger charge is 2.28. The van der Waals surface area contributed by atoms with Gasteiger partial charge in [-0.15, -0.1) is 0 Å². The second-order valence-corrected chi connectivity index (χ2v) is 5.57. The average Bonchev–Trinajstić information content (AvgIpc) is 2.48. The van der Waals surface area contributed by atoms with Crippen LogP contribution in [0.2, 0.25) is 0 Å². The van der Waals surface area contributed by atoms with E-state index < -0.39 is 11.9 Å². The van der Waals surface area contributed by atoms with Gasteiger partial charge < -0.3 is 14.7 Å². The molecule has 0 saturated carbocycles. The fraction of sp³-hybridized carbons (Fsp3) is 0.500. The number of ether oxygens (including phenoxy) is 1. The van der Waals surface area contributed by atoms with E-state index in [1.807, 2.05) is 32.0 Å². The molecule has 1 N–H and O–H groups in total. The number of aryl methyl sites for hydroxylation is 2. The van der Waals surface area contributed by atoms with Gasteiger partial charge in [-0.3, -0.25) is 9.59 Å². The van der Waals surface area contributed by atoms with Gasteiger partial charge in [-0.2, -0.15) is 0 Å². The van der Waals surface area contributed by atoms with Crippen molar-refractivity contribution in [1.82, 2.24) is 4.90 Å². The standard InChI is InChI=1S/C16H21NO4/c1-11-5-6-12(2)14(8-11)21-10-15(18)17-7-3-4-13(9-17)16(19)20/h5-6,8,13H,3-4,7,9-10H2,1-2H3,(H,19,20)/t13-/m1/s1. The zero-order chi connectivity index (χ0) is 15.4. The van der Waals surface area contributed by atoms with Gasteiger partial charge in [0, 0.05) is 13.1 Å². The molecule has 2 rings (SSSR count). The maximum absolute atomic E-state index is 12.1. The molecule has 1 heterocycles. The highest BCUT2D eigenvalue weighted by atomic mass is 16.5. The van der Waals surface area contributed by atoms with E-state index in [2.05, 4.69) is 0 Å². The number of carbonyl (C=O) groups excluding carboxylic acids is 1. The molecule has 1 saturated heterocycles. The van der Waals surface area contributed by atoms with Crippen molar-refractivity contribution in [3.63, 3.8) is 0 Å². The van der Waals surface area contributed by atoms with Crippen LogP contribution in [0.5, 0.6) is 5.75 Å². The number of carboxylic acids is 1. The van der Waals surface area contributed by atoms with E-state index in [9.17, 15) is 9.59 Å². The predicted molar refractivity (Wildman–Crippen MR) is 78.4 cm³/mol. The second kappa shape index (κ2) is 6.61. The van der Waals surface area contributed by atoms with Crippen LogP contribution in [-0.2, 0) is 9.59 Å². The normalized spacial score (nSPS) is 18.4. The lowest BCUT2D eigenvalue weighted by molar-refractivity contribution is -0.146. The minimum atomic E-state index is -0.831. The van der Waals surface area contributed by atoms with E-state index in [1.165, 1.54) is 0 Å². The number of likely N-dealkylation sites (tertiary alicyclic amines) is 1. The van der Waals surface area contributed by atoms with Gasteiger partial charge in [-0.1, -0.05) is 12.1 Å². The number of piperidine rings is 1. The lowest BCUT2D eigenvalue weighted by atomic mass is 9.98. The molecular weight excluding hydrogens is 270 g/mol. The fourth-order valence-corrected chi connectivity index (χ4v) is 2.50. The zero-order valence-corrected chi connectivity index (χ0v) is 12.5. The third kappa shape index (κ3) is 3.97. The average molecular weight is 291 g/mol. The van der Waals surface area contributed by atoms with Gasteiger partial charge in [0.15, 0.2) is 6.61 Å². The number of carboxylic acid groups (broad SMARTS) is 1. The molecule has 0 bridgehead atoms. The minimum absolute atomic E-state index is 0.0450. The number of carbonyl (C=O) groups is 2. The summed E-state index contributed by atoms with van der Waals surface area (Å²) in [4.78, 5) is 24.7. The summed E-state index contributed by atoms with van der Waals surface area (Å²) in [5.74, 6) is -0.733. The van der Waals surface area contributed by atoms with Crippen LogP contribution in [0.1, 0.15) is 24.0 Å². The molecule has 1 aliphatic heterocycles. The molecule has 1 aromatic carbocycles. The maximum atomic E-state index is 12.1. The van der Waals surface area contributed by atoms with Crippen LogP contribution in [-0.4, -0.2) is 41.6 Å². The van der Waals surface area contributed by atoms with Crippen molar-refractivity contribution in [3.05, 3.63) is 29.3 Å². The summed E-state index contributed by atoms with van der Waals surface area (Å²) in [6.07, 6.45) is 1.36. The quantitative estimate of drug-likeness (QED) is 0.921. The molecule has 1 atom stereocenters. The number of benzene rings is 1. The van der Waals surface area contributed by atoms with Gasteiger partial charge in [0.05, 0.1) is 5.92 Å². The highest BCUT2D eigenvalue weighted by molar-refractivity contribution is 5.79. The second-order valence-electron chi connectivity index (χ2n) is 5.57. The third-order valence-electron chi connectivity index (χ3n) is 3.82. The van der Waals surface area contributed by atoms with Gasteiger partial charge >= 0.3 is 5.97 Å². The van der Waals surface area contributed by atoms with E-state index in [4.69, 9.17) is 9.84 Å². The monoisotopic (exact) mass is 291 g/mol. The van der Waals surface area contributed by atoms with Gasteiger partial charge in [-0.25, -0.2) is 0 Å². The Kier molecular flexibility index (Phi) is 4.83. The van der Waals surface area contributed by atoms with Gasteiger partial charge in [0.1, 0.15) is 5.75 Å². The smallest absolute Gasteiger partial charge is 0.308 e. The van der Waals surface area contributed by atoms with Crippen molar-refractivity contribution in [2.75, 3.05) is 19.7 Å². The predicted octanol–water partition coefficient (Wildman–Crippen LogP) is 2.01. The van der Waals surface area contributed by atoms with Crippen molar-refractivity contribution >= 4 is 11.9 Å². The van der Waals surface area contributed by atoms with Gasteiger partial charge in [-0.05, 0) is 43.9 Å². The lowest BCUT2D eigenvalue weighted by Gasteiger charge is -2.30. The molecule has 0 aromatic heterocycles. The summed E-state index contributed by atoms with van der Waals surface area (Å²) in [5.41, 5.74) is 2.06. The van der Waals surface area contributed by atoms with Crippen molar-refractivity contribution in [1.29, 1.82) is 0 Å². The summed E-state index contributed by atoms with van der Waals surface area (Å²) in [6, 6.07) is 5.85. The molecule has 1 fully saturated rings. The van der Waals surface area contributed by atoms with E-state index in [-0.39, 0.29) is 19.1 Å². The number of amides is 1. The topological polar surface area (TPSA) is 66.8 Å². The molecule has 5 nitrogen and oxygen atoms in total. The number of hydrogen-bond acceptors (Lipinski definition) is 3. The van der Waals surface area contributed by atoms with Crippen molar-refractivity contribution in [3.8, 4) is 5.75 Å². The van der Waals surface area contributed by atoms with E-state index in [1.54, 1.807) is 4.90 Å². The van der Waals surface area contributed by atoms with Crippen LogP contribution >= 0.6 is 0 Å². The molecule has 0 unspecified atom stereocenters. The van der Waals surface area contributed by atoms with Crippen molar-refractivity contribution in [2.24, 2.45) is 5.92 Å². The van der Waals surface area contributed by atoms with Crippen LogP contribution in [0.4, 0.5) is 0 Å². The number of hydrogen-bond donors (Lipinski definition) is 1. The Hall–Kier alpha value is -2.04. The molecule has 1 amide bonds. The Balaban J connectivity index is 1.92. The Labute approximate surface area is 124 Å². The first kappa shape index (κ1) is 15.4. The Morgan fingerprint density at radius 2 is 2.14 bits per heavy atom. The first-order valence-electron chi connectivity index (χ1n) is 7.18. The Morgan fingerprint density at radius 3 is 2.86 bits per heavy atom. The molecule has 0 aliphatic carbocycles. The molecule has 1 aliphatic rings. The number of rotatable bonds is 4. The molecule has 114 valence electrons. The van der Waals surface area contributed by atoms with Crippen LogP contribution in [0, 0.1) is 19.8 Å². The van der Waals surface area contributed by atoms with Crippen LogP contribution in [0.25, 0.3) is 0 Å². The summed E-state index contributed by atoms with van der Waals surface area (Å²) in [7, 11) is 0. The van der Waals surface area contributed by atoms with Crippen molar-refractivity contribution < 1.29 is 19.4 Å². The minimum Gasteiger partial charge on any atom is -0.483 e.